The third-order valence-electron chi connectivity index (χ3n) is 1.52. The Balaban J connectivity index is 3.07. The summed E-state index contributed by atoms with van der Waals surface area (Å²) < 4.78 is 0. The predicted molar refractivity (Wildman–Crippen MR) is 45.8 cm³/mol. The van der Waals surface area contributed by atoms with Crippen LogP contribution in [0, 0.1) is 0 Å². The van der Waals surface area contributed by atoms with Crippen LogP contribution in [-0.2, 0) is 4.79 Å². The number of carboxylic acids is 2. The predicted octanol–water partition coefficient (Wildman–Crippen LogP) is 0.531. The van der Waals surface area contributed by atoms with E-state index in [2.05, 4.69) is 0 Å². The lowest BCUT2D eigenvalue weighted by atomic mass is 10.1. The van der Waals surface area contributed by atoms with Gasteiger partial charge in [0.05, 0.1) is 5.56 Å². The molecule has 0 unspecified atom stereocenters. The largest absolute Gasteiger partial charge is 0.480 e. The molecule has 0 saturated heterocycles. The molecule has 0 saturated carbocycles. The third kappa shape index (κ3) is 1.85. The fraction of sp³-hybridized carbons (Fsp3) is 0.143. The van der Waals surface area contributed by atoms with Crippen LogP contribution in [0.15, 0.2) is 10.8 Å². The van der Waals surface area contributed by atoms with Crippen LogP contribution in [0.3, 0.4) is 0 Å². The summed E-state index contributed by atoms with van der Waals surface area (Å²) in [7, 11) is 0. The quantitative estimate of drug-likeness (QED) is 0.662. The van der Waals surface area contributed by atoms with Gasteiger partial charge in [0.2, 0.25) is 0 Å². The van der Waals surface area contributed by atoms with Gasteiger partial charge in [0.1, 0.15) is 6.04 Å². The lowest BCUT2D eigenvalue weighted by molar-refractivity contribution is -0.138. The van der Waals surface area contributed by atoms with Crippen molar-refractivity contribution in [2.75, 3.05) is 0 Å². The molecule has 0 aliphatic carbocycles. The number of carboxylic acid groups (broad SMARTS) is 2. The van der Waals surface area contributed by atoms with Gasteiger partial charge in [-0.1, -0.05) is 0 Å². The first-order chi connectivity index (χ1) is 6.04. The third-order valence-corrected chi connectivity index (χ3v) is 2.29. The summed E-state index contributed by atoms with van der Waals surface area (Å²) in [6.45, 7) is 0. The molecule has 0 bridgehead atoms. The summed E-state index contributed by atoms with van der Waals surface area (Å²) in [5.41, 5.74) is 5.37. The van der Waals surface area contributed by atoms with Gasteiger partial charge in [-0.25, -0.2) is 4.79 Å². The van der Waals surface area contributed by atoms with Crippen LogP contribution in [-0.4, -0.2) is 22.2 Å². The minimum absolute atomic E-state index is 0.0418. The van der Waals surface area contributed by atoms with Crippen LogP contribution in [0.5, 0.6) is 0 Å². The molecule has 13 heavy (non-hydrogen) atoms. The number of hydrogen-bond acceptors (Lipinski definition) is 4. The monoisotopic (exact) mass is 201 g/mol. The van der Waals surface area contributed by atoms with Crippen molar-refractivity contribution in [3.05, 3.63) is 21.9 Å². The molecule has 0 amide bonds. The standard InChI is InChI=1S/C7H7NO4S/c8-5(7(11)12)3-1-13-2-4(3)6(9)10/h1-2,5H,8H2,(H,9,10)(H,11,12)/t5-/m0/s1. The molecule has 5 nitrogen and oxygen atoms in total. The zero-order valence-electron chi connectivity index (χ0n) is 6.43. The van der Waals surface area contributed by atoms with Gasteiger partial charge in [-0.3, -0.25) is 4.79 Å². The zero-order valence-corrected chi connectivity index (χ0v) is 7.25. The second-order valence-electron chi connectivity index (χ2n) is 2.36. The van der Waals surface area contributed by atoms with Crippen molar-refractivity contribution in [3.63, 3.8) is 0 Å². The molecule has 1 aromatic heterocycles. The van der Waals surface area contributed by atoms with Crippen LogP contribution in [0.25, 0.3) is 0 Å². The van der Waals surface area contributed by atoms with Gasteiger partial charge in [-0.15, -0.1) is 0 Å². The number of hydrogen-bond donors (Lipinski definition) is 3. The molecule has 0 fully saturated rings. The Morgan fingerprint density at radius 1 is 1.38 bits per heavy atom. The Morgan fingerprint density at radius 3 is 2.46 bits per heavy atom. The highest BCUT2D eigenvalue weighted by molar-refractivity contribution is 7.08. The molecule has 1 rings (SSSR count). The van der Waals surface area contributed by atoms with Crippen molar-refractivity contribution >= 4 is 23.3 Å². The van der Waals surface area contributed by atoms with E-state index in [0.717, 1.165) is 11.3 Å². The zero-order chi connectivity index (χ0) is 10.0. The van der Waals surface area contributed by atoms with Crippen molar-refractivity contribution in [3.8, 4) is 0 Å². The summed E-state index contributed by atoms with van der Waals surface area (Å²) in [5.74, 6) is -2.39. The number of nitrogens with two attached hydrogens (primary N) is 1. The fourth-order valence-corrected chi connectivity index (χ4v) is 1.72. The summed E-state index contributed by atoms with van der Waals surface area (Å²) >= 11 is 1.12. The molecule has 6 heteroatoms. The highest BCUT2D eigenvalue weighted by Gasteiger charge is 2.21. The van der Waals surface area contributed by atoms with Crippen molar-refractivity contribution in [2.24, 2.45) is 5.73 Å². The Bertz CT molecular complexity index is 346. The van der Waals surface area contributed by atoms with Crippen LogP contribution >= 0.6 is 11.3 Å². The van der Waals surface area contributed by atoms with E-state index < -0.39 is 18.0 Å². The molecule has 0 aliphatic rings. The smallest absolute Gasteiger partial charge is 0.336 e. The first-order valence-electron chi connectivity index (χ1n) is 3.31. The van der Waals surface area contributed by atoms with Crippen molar-refractivity contribution in [1.29, 1.82) is 0 Å². The van der Waals surface area contributed by atoms with Crippen LogP contribution in [0.1, 0.15) is 22.0 Å². The number of carbonyl (C=O) groups is 2. The van der Waals surface area contributed by atoms with E-state index in [1.165, 1.54) is 10.8 Å². The normalized spacial score (nSPS) is 12.4. The topological polar surface area (TPSA) is 101 Å². The molecule has 1 heterocycles. The Hall–Kier alpha value is -1.40. The average molecular weight is 201 g/mol. The first-order valence-corrected chi connectivity index (χ1v) is 4.26. The maximum absolute atomic E-state index is 10.6. The molecule has 0 spiro atoms. The minimum Gasteiger partial charge on any atom is -0.480 e. The van der Waals surface area contributed by atoms with Crippen molar-refractivity contribution < 1.29 is 19.8 Å². The lowest BCUT2D eigenvalue weighted by Gasteiger charge is -2.04. The van der Waals surface area contributed by atoms with E-state index >= 15 is 0 Å². The average Bonchev–Trinajstić information content (AvgIpc) is 2.50. The molecule has 0 aliphatic heterocycles. The van der Waals surface area contributed by atoms with E-state index in [-0.39, 0.29) is 11.1 Å². The number of aliphatic carboxylic acids is 1. The van der Waals surface area contributed by atoms with Gasteiger partial charge in [-0.2, -0.15) is 11.3 Å². The minimum atomic E-state index is -1.27. The Labute approximate surface area is 77.4 Å². The fourth-order valence-electron chi connectivity index (χ4n) is 0.855. The molecule has 1 atom stereocenters. The molecule has 4 N–H and O–H groups in total. The highest BCUT2D eigenvalue weighted by atomic mass is 32.1. The Kier molecular flexibility index (Phi) is 2.64. The van der Waals surface area contributed by atoms with E-state index in [9.17, 15) is 9.59 Å². The van der Waals surface area contributed by atoms with Crippen LogP contribution < -0.4 is 5.73 Å². The molecule has 70 valence electrons. The van der Waals surface area contributed by atoms with Gasteiger partial charge >= 0.3 is 11.9 Å². The van der Waals surface area contributed by atoms with E-state index in [0.29, 0.717) is 0 Å². The Morgan fingerprint density at radius 2 is 2.00 bits per heavy atom. The second kappa shape index (κ2) is 3.55. The molecule has 1 aromatic rings. The van der Waals surface area contributed by atoms with Gasteiger partial charge in [0.25, 0.3) is 0 Å². The molecule has 0 aromatic carbocycles. The summed E-state index contributed by atoms with van der Waals surface area (Å²) in [5, 5.41) is 20.0. The lowest BCUT2D eigenvalue weighted by Crippen LogP contribution is -2.22. The van der Waals surface area contributed by atoms with Crippen molar-refractivity contribution in [1.82, 2.24) is 0 Å². The molecular weight excluding hydrogens is 194 g/mol. The summed E-state index contributed by atoms with van der Waals surface area (Å²) in [6, 6.07) is -1.27. The number of aromatic carboxylic acids is 1. The van der Waals surface area contributed by atoms with Gasteiger partial charge in [0.15, 0.2) is 0 Å². The van der Waals surface area contributed by atoms with Gasteiger partial charge < -0.3 is 15.9 Å². The molecule has 0 radical (unpaired) electrons. The van der Waals surface area contributed by atoms with Crippen molar-refractivity contribution in [2.45, 2.75) is 6.04 Å². The first kappa shape index (κ1) is 9.69. The molecular formula is C7H7NO4S. The van der Waals surface area contributed by atoms with Crippen LogP contribution in [0.4, 0.5) is 0 Å². The maximum Gasteiger partial charge on any atom is 0.336 e. The second-order valence-corrected chi connectivity index (χ2v) is 3.11. The van der Waals surface area contributed by atoms with E-state index in [1.54, 1.807) is 0 Å². The summed E-state index contributed by atoms with van der Waals surface area (Å²) in [6.07, 6.45) is 0. The summed E-state index contributed by atoms with van der Waals surface area (Å²) in [4.78, 5) is 21.0. The maximum atomic E-state index is 10.6. The SMILES string of the molecule is N[C@H](C(=O)O)c1cscc1C(=O)O. The highest BCUT2D eigenvalue weighted by Crippen LogP contribution is 2.21. The van der Waals surface area contributed by atoms with E-state index in [1.807, 2.05) is 0 Å². The van der Waals surface area contributed by atoms with Gasteiger partial charge in [-0.05, 0) is 5.38 Å². The van der Waals surface area contributed by atoms with E-state index in [4.69, 9.17) is 15.9 Å². The number of thiophene rings is 1. The number of rotatable bonds is 3. The van der Waals surface area contributed by atoms with Crippen LogP contribution in [0.2, 0.25) is 0 Å². The van der Waals surface area contributed by atoms with Gasteiger partial charge in [0, 0.05) is 10.9 Å².